The molecule has 0 radical (unpaired) electrons. The third kappa shape index (κ3) is 3.03. The summed E-state index contributed by atoms with van der Waals surface area (Å²) in [5, 5.41) is 9.36. The highest BCUT2D eigenvalue weighted by molar-refractivity contribution is 5.28. The van der Waals surface area contributed by atoms with Crippen LogP contribution in [0.15, 0.2) is 24.3 Å². The fraction of sp³-hybridized carbons (Fsp3) is 0.600. The maximum atomic E-state index is 9.36. The van der Waals surface area contributed by atoms with E-state index < -0.39 is 0 Å². The van der Waals surface area contributed by atoms with Gasteiger partial charge in [-0.1, -0.05) is 26.0 Å². The molecule has 0 aliphatic carbocycles. The second-order valence-corrected chi connectivity index (χ2v) is 5.74. The van der Waals surface area contributed by atoms with Crippen molar-refractivity contribution in [3.05, 3.63) is 29.8 Å². The highest BCUT2D eigenvalue weighted by Gasteiger charge is 2.27. The largest absolute Gasteiger partial charge is 0.508 e. The molecule has 1 aliphatic heterocycles. The Kier molecular flexibility index (Phi) is 4.25. The van der Waals surface area contributed by atoms with Crippen LogP contribution in [0.4, 0.5) is 0 Å². The molecule has 0 saturated carbocycles. The van der Waals surface area contributed by atoms with Gasteiger partial charge in [-0.25, -0.2) is 0 Å². The molecule has 3 atom stereocenters. The summed E-state index contributed by atoms with van der Waals surface area (Å²) in [6.07, 6.45) is 1.31. The molecule has 1 saturated heterocycles. The number of hydrogen-bond acceptors (Lipinski definition) is 3. The molecule has 3 nitrogen and oxygen atoms in total. The van der Waals surface area contributed by atoms with Gasteiger partial charge in [0.25, 0.3) is 0 Å². The Morgan fingerprint density at radius 2 is 1.78 bits per heavy atom. The fourth-order valence-corrected chi connectivity index (χ4v) is 3.16. The molecular weight excluding hydrogens is 224 g/mol. The maximum absolute atomic E-state index is 9.36. The van der Waals surface area contributed by atoms with Gasteiger partial charge in [0.1, 0.15) is 5.75 Å². The first-order chi connectivity index (χ1) is 8.60. The van der Waals surface area contributed by atoms with Crippen molar-refractivity contribution < 1.29 is 5.11 Å². The van der Waals surface area contributed by atoms with Crippen molar-refractivity contribution in [3.8, 4) is 5.75 Å². The maximum Gasteiger partial charge on any atom is 0.115 e. The lowest BCUT2D eigenvalue weighted by atomic mass is 9.89. The highest BCUT2D eigenvalue weighted by atomic mass is 16.3. The van der Waals surface area contributed by atoms with Crippen molar-refractivity contribution in [2.24, 2.45) is 17.6 Å². The Morgan fingerprint density at radius 1 is 1.22 bits per heavy atom. The summed E-state index contributed by atoms with van der Waals surface area (Å²) < 4.78 is 0. The van der Waals surface area contributed by atoms with Gasteiger partial charge in [-0.05, 0) is 36.0 Å². The number of benzene rings is 1. The minimum atomic E-state index is 0.274. The van der Waals surface area contributed by atoms with Gasteiger partial charge in [-0.3, -0.25) is 4.90 Å². The Bertz CT molecular complexity index is 367. The van der Waals surface area contributed by atoms with Crippen LogP contribution < -0.4 is 5.73 Å². The first-order valence-electron chi connectivity index (χ1n) is 6.83. The topological polar surface area (TPSA) is 49.5 Å². The van der Waals surface area contributed by atoms with Gasteiger partial charge >= 0.3 is 0 Å². The molecule has 0 amide bonds. The SMILES string of the molecule is CC1CC(C)CN(C(CN)c2ccc(O)cc2)C1. The Balaban J connectivity index is 2.14. The molecule has 0 spiro atoms. The summed E-state index contributed by atoms with van der Waals surface area (Å²) in [7, 11) is 0. The van der Waals surface area contributed by atoms with Crippen molar-refractivity contribution in [1.82, 2.24) is 4.90 Å². The first kappa shape index (κ1) is 13.4. The number of nitrogens with zero attached hydrogens (tertiary/aromatic N) is 1. The van der Waals surface area contributed by atoms with Crippen molar-refractivity contribution in [2.45, 2.75) is 26.3 Å². The van der Waals surface area contributed by atoms with Crippen LogP contribution in [0.5, 0.6) is 5.75 Å². The van der Waals surface area contributed by atoms with Crippen molar-refractivity contribution in [2.75, 3.05) is 19.6 Å². The zero-order valence-electron chi connectivity index (χ0n) is 11.3. The molecule has 2 rings (SSSR count). The van der Waals surface area contributed by atoms with E-state index in [0.717, 1.165) is 24.9 Å². The van der Waals surface area contributed by atoms with Crippen molar-refractivity contribution in [1.29, 1.82) is 0 Å². The zero-order valence-corrected chi connectivity index (χ0v) is 11.3. The zero-order chi connectivity index (χ0) is 13.1. The number of hydrogen-bond donors (Lipinski definition) is 2. The summed E-state index contributed by atoms with van der Waals surface area (Å²) in [4.78, 5) is 2.49. The number of rotatable bonds is 3. The minimum Gasteiger partial charge on any atom is -0.508 e. The van der Waals surface area contributed by atoms with Gasteiger partial charge in [0.15, 0.2) is 0 Å². The molecule has 0 aromatic heterocycles. The van der Waals surface area contributed by atoms with E-state index >= 15 is 0 Å². The molecule has 18 heavy (non-hydrogen) atoms. The standard InChI is InChI=1S/C15H24N2O/c1-11-7-12(2)10-17(9-11)15(8-16)13-3-5-14(18)6-4-13/h3-6,11-12,15,18H,7-10,16H2,1-2H3. The average molecular weight is 248 g/mol. The quantitative estimate of drug-likeness (QED) is 0.863. The van der Waals surface area contributed by atoms with Crippen molar-refractivity contribution >= 4 is 0 Å². The van der Waals surface area contributed by atoms with E-state index in [1.54, 1.807) is 12.1 Å². The first-order valence-corrected chi connectivity index (χ1v) is 6.83. The predicted octanol–water partition coefficient (Wildman–Crippen LogP) is 2.37. The van der Waals surface area contributed by atoms with E-state index in [1.165, 1.54) is 12.0 Å². The van der Waals surface area contributed by atoms with Gasteiger partial charge in [0, 0.05) is 25.7 Å². The highest BCUT2D eigenvalue weighted by Crippen LogP contribution is 2.29. The van der Waals surface area contributed by atoms with Gasteiger partial charge < -0.3 is 10.8 Å². The molecule has 3 heteroatoms. The molecule has 1 heterocycles. The second kappa shape index (κ2) is 5.72. The lowest BCUT2D eigenvalue weighted by Crippen LogP contribution is -2.43. The molecule has 3 unspecified atom stereocenters. The van der Waals surface area contributed by atoms with Crippen LogP contribution in [0, 0.1) is 11.8 Å². The number of likely N-dealkylation sites (tertiary alicyclic amines) is 1. The van der Waals surface area contributed by atoms with Gasteiger partial charge in [0.2, 0.25) is 0 Å². The number of phenols is 1. The molecule has 3 N–H and O–H groups in total. The number of aromatic hydroxyl groups is 1. The fourth-order valence-electron chi connectivity index (χ4n) is 3.16. The Labute approximate surface area is 110 Å². The molecule has 1 aliphatic rings. The lowest BCUT2D eigenvalue weighted by molar-refractivity contribution is 0.0984. The number of piperidine rings is 1. The third-order valence-corrected chi connectivity index (χ3v) is 3.84. The van der Waals surface area contributed by atoms with E-state index in [0.29, 0.717) is 12.3 Å². The molecular formula is C15H24N2O. The summed E-state index contributed by atoms with van der Waals surface area (Å²) in [6, 6.07) is 7.73. The molecule has 1 aromatic rings. The molecule has 1 fully saturated rings. The van der Waals surface area contributed by atoms with Crippen LogP contribution in [0.1, 0.15) is 31.9 Å². The number of phenolic OH excluding ortho intramolecular Hbond substituents is 1. The monoisotopic (exact) mass is 248 g/mol. The van der Waals surface area contributed by atoms with E-state index in [1.807, 2.05) is 12.1 Å². The van der Waals surface area contributed by atoms with Crippen LogP contribution in [0.2, 0.25) is 0 Å². The molecule has 0 bridgehead atoms. The molecule has 1 aromatic carbocycles. The normalized spacial score (nSPS) is 27.1. The summed E-state index contributed by atoms with van der Waals surface area (Å²) in [5.74, 6) is 1.79. The van der Waals surface area contributed by atoms with E-state index in [9.17, 15) is 5.11 Å². The van der Waals surface area contributed by atoms with Crippen LogP contribution in [0.25, 0.3) is 0 Å². The minimum absolute atomic E-state index is 0.274. The predicted molar refractivity (Wildman–Crippen MR) is 74.4 cm³/mol. The van der Waals surface area contributed by atoms with E-state index in [-0.39, 0.29) is 6.04 Å². The Hall–Kier alpha value is -1.06. The van der Waals surface area contributed by atoms with E-state index in [4.69, 9.17) is 5.73 Å². The summed E-state index contributed by atoms with van der Waals surface area (Å²) in [5.41, 5.74) is 7.17. The summed E-state index contributed by atoms with van der Waals surface area (Å²) >= 11 is 0. The van der Waals surface area contributed by atoms with Crippen LogP contribution >= 0.6 is 0 Å². The van der Waals surface area contributed by atoms with Gasteiger partial charge in [-0.2, -0.15) is 0 Å². The molecule has 100 valence electrons. The summed E-state index contributed by atoms with van der Waals surface area (Å²) in [6.45, 7) is 7.49. The van der Waals surface area contributed by atoms with Crippen LogP contribution in [-0.4, -0.2) is 29.6 Å². The average Bonchev–Trinajstić information content (AvgIpc) is 2.31. The van der Waals surface area contributed by atoms with Gasteiger partial charge in [-0.15, -0.1) is 0 Å². The Morgan fingerprint density at radius 3 is 2.28 bits per heavy atom. The lowest BCUT2D eigenvalue weighted by Gasteiger charge is -2.40. The van der Waals surface area contributed by atoms with E-state index in [2.05, 4.69) is 18.7 Å². The van der Waals surface area contributed by atoms with Crippen LogP contribution in [0.3, 0.4) is 0 Å². The van der Waals surface area contributed by atoms with Crippen LogP contribution in [-0.2, 0) is 0 Å². The van der Waals surface area contributed by atoms with Crippen molar-refractivity contribution in [3.63, 3.8) is 0 Å². The smallest absolute Gasteiger partial charge is 0.115 e. The van der Waals surface area contributed by atoms with Gasteiger partial charge in [0.05, 0.1) is 0 Å². The third-order valence-electron chi connectivity index (χ3n) is 3.84. The number of nitrogens with two attached hydrogens (primary N) is 1. The second-order valence-electron chi connectivity index (χ2n) is 5.74.